The van der Waals surface area contributed by atoms with Crippen molar-refractivity contribution in [3.05, 3.63) is 77.5 Å². The van der Waals surface area contributed by atoms with E-state index < -0.39 is 0 Å². The molecule has 0 amide bonds. The Morgan fingerprint density at radius 3 is 2.17 bits per heavy atom. The summed E-state index contributed by atoms with van der Waals surface area (Å²) in [4.78, 5) is 0. The SMILES string of the molecule is CCc1cc(-c2cc(-c3ccccc3)ccc2C)[n+](C)cc1CC. The van der Waals surface area contributed by atoms with Crippen LogP contribution in [0.3, 0.4) is 0 Å². The lowest BCUT2D eigenvalue weighted by atomic mass is 9.95. The van der Waals surface area contributed by atoms with Crippen LogP contribution in [-0.2, 0) is 19.9 Å². The van der Waals surface area contributed by atoms with Crippen LogP contribution < -0.4 is 4.57 Å². The van der Waals surface area contributed by atoms with Crippen molar-refractivity contribution in [1.29, 1.82) is 0 Å². The van der Waals surface area contributed by atoms with Gasteiger partial charge in [0.05, 0.1) is 0 Å². The van der Waals surface area contributed by atoms with E-state index in [0.717, 1.165) is 12.8 Å². The maximum Gasteiger partial charge on any atom is 0.212 e. The van der Waals surface area contributed by atoms with Crippen LogP contribution in [0.1, 0.15) is 30.5 Å². The Morgan fingerprint density at radius 1 is 0.792 bits per heavy atom. The molecule has 0 atom stereocenters. The molecule has 0 bridgehead atoms. The predicted molar refractivity (Wildman–Crippen MR) is 102 cm³/mol. The molecule has 0 saturated heterocycles. The Bertz CT molecular complexity index is 847. The molecule has 0 unspecified atom stereocenters. The number of nitrogens with zero attached hydrogens (tertiary/aromatic N) is 1. The number of rotatable bonds is 4. The molecule has 3 aromatic rings. The Labute approximate surface area is 145 Å². The van der Waals surface area contributed by atoms with Crippen LogP contribution in [0, 0.1) is 6.92 Å². The summed E-state index contributed by atoms with van der Waals surface area (Å²) < 4.78 is 2.27. The number of aromatic nitrogens is 1. The van der Waals surface area contributed by atoms with Crippen molar-refractivity contribution in [3.63, 3.8) is 0 Å². The first kappa shape index (κ1) is 16.4. The van der Waals surface area contributed by atoms with Crippen LogP contribution in [0.5, 0.6) is 0 Å². The van der Waals surface area contributed by atoms with Crippen molar-refractivity contribution in [1.82, 2.24) is 0 Å². The summed E-state index contributed by atoms with van der Waals surface area (Å²) in [6, 6.07) is 19.8. The average molecular weight is 316 g/mol. The lowest BCUT2D eigenvalue weighted by Crippen LogP contribution is -2.32. The summed E-state index contributed by atoms with van der Waals surface area (Å²) in [6.45, 7) is 6.67. The first-order chi connectivity index (χ1) is 11.6. The summed E-state index contributed by atoms with van der Waals surface area (Å²) >= 11 is 0. The van der Waals surface area contributed by atoms with Crippen LogP contribution in [0.25, 0.3) is 22.4 Å². The second-order valence-corrected chi connectivity index (χ2v) is 6.42. The van der Waals surface area contributed by atoms with E-state index in [1.54, 1.807) is 0 Å². The zero-order valence-corrected chi connectivity index (χ0v) is 15.1. The van der Waals surface area contributed by atoms with Crippen molar-refractivity contribution in [2.45, 2.75) is 33.6 Å². The molecular formula is C23H26N+. The van der Waals surface area contributed by atoms with Gasteiger partial charge in [-0.3, -0.25) is 0 Å². The van der Waals surface area contributed by atoms with Gasteiger partial charge < -0.3 is 0 Å². The highest BCUT2D eigenvalue weighted by Gasteiger charge is 2.16. The van der Waals surface area contributed by atoms with E-state index in [2.05, 4.69) is 93.2 Å². The van der Waals surface area contributed by atoms with Gasteiger partial charge in [0.15, 0.2) is 6.20 Å². The van der Waals surface area contributed by atoms with Gasteiger partial charge in [-0.1, -0.05) is 56.3 Å². The minimum absolute atomic E-state index is 1.08. The largest absolute Gasteiger partial charge is 0.212 e. The standard InChI is InChI=1S/C23H26N/c1-5-18-15-23(24(4)16-19(18)6-2)22-14-21(13-12-17(22)3)20-10-8-7-9-11-20/h7-16H,5-6H2,1-4H3/q+1. The van der Waals surface area contributed by atoms with Gasteiger partial charge in [-0.25, -0.2) is 4.57 Å². The lowest BCUT2D eigenvalue weighted by Gasteiger charge is -2.11. The van der Waals surface area contributed by atoms with Gasteiger partial charge in [-0.05, 0) is 48.1 Å². The Balaban J connectivity index is 2.16. The van der Waals surface area contributed by atoms with E-state index >= 15 is 0 Å². The topological polar surface area (TPSA) is 3.88 Å². The molecule has 3 rings (SSSR count). The van der Waals surface area contributed by atoms with Crippen molar-refractivity contribution >= 4 is 0 Å². The van der Waals surface area contributed by atoms with Crippen LogP contribution in [0.15, 0.2) is 60.8 Å². The molecule has 2 aromatic carbocycles. The maximum absolute atomic E-state index is 2.37. The minimum Gasteiger partial charge on any atom is -0.201 e. The molecule has 1 heteroatoms. The molecule has 1 heterocycles. The van der Waals surface area contributed by atoms with Crippen molar-refractivity contribution in [3.8, 4) is 22.4 Å². The molecular weight excluding hydrogens is 290 g/mol. The highest BCUT2D eigenvalue weighted by molar-refractivity contribution is 5.73. The van der Waals surface area contributed by atoms with Gasteiger partial charge >= 0.3 is 0 Å². The predicted octanol–water partition coefficient (Wildman–Crippen LogP) is 5.28. The molecule has 122 valence electrons. The summed E-state index contributed by atoms with van der Waals surface area (Å²) in [6.07, 6.45) is 4.46. The van der Waals surface area contributed by atoms with E-state index in [1.165, 1.54) is 39.1 Å². The molecule has 0 aliphatic heterocycles. The first-order valence-corrected chi connectivity index (χ1v) is 8.82. The monoisotopic (exact) mass is 316 g/mol. The van der Waals surface area contributed by atoms with Crippen molar-refractivity contribution in [2.24, 2.45) is 7.05 Å². The van der Waals surface area contributed by atoms with Crippen LogP contribution in [0.4, 0.5) is 0 Å². The minimum atomic E-state index is 1.08. The van der Waals surface area contributed by atoms with Gasteiger partial charge in [-0.15, -0.1) is 0 Å². The highest BCUT2D eigenvalue weighted by Crippen LogP contribution is 2.28. The summed E-state index contributed by atoms with van der Waals surface area (Å²) in [5.41, 5.74) is 9.36. The van der Waals surface area contributed by atoms with Crippen LogP contribution in [-0.4, -0.2) is 0 Å². The molecule has 1 aromatic heterocycles. The third-order valence-electron chi connectivity index (χ3n) is 4.84. The van der Waals surface area contributed by atoms with E-state index in [0.29, 0.717) is 0 Å². The fraction of sp³-hybridized carbons (Fsp3) is 0.261. The van der Waals surface area contributed by atoms with E-state index in [4.69, 9.17) is 0 Å². The second-order valence-electron chi connectivity index (χ2n) is 6.42. The Kier molecular flexibility index (Phi) is 4.80. The second kappa shape index (κ2) is 7.00. The smallest absolute Gasteiger partial charge is 0.201 e. The molecule has 0 saturated carbocycles. The van der Waals surface area contributed by atoms with E-state index in [9.17, 15) is 0 Å². The summed E-state index contributed by atoms with van der Waals surface area (Å²) in [5, 5.41) is 0. The quantitative estimate of drug-likeness (QED) is 0.577. The normalized spacial score (nSPS) is 10.8. The van der Waals surface area contributed by atoms with E-state index in [-0.39, 0.29) is 0 Å². The zero-order chi connectivity index (χ0) is 17.1. The Morgan fingerprint density at radius 2 is 1.50 bits per heavy atom. The number of hydrogen-bond donors (Lipinski definition) is 0. The fourth-order valence-corrected chi connectivity index (χ4v) is 3.37. The highest BCUT2D eigenvalue weighted by atomic mass is 14.9. The third-order valence-corrected chi connectivity index (χ3v) is 4.84. The average Bonchev–Trinajstić information content (AvgIpc) is 2.63. The maximum atomic E-state index is 2.37. The number of hydrogen-bond acceptors (Lipinski definition) is 0. The molecule has 0 spiro atoms. The van der Waals surface area contributed by atoms with Gasteiger partial charge in [-0.2, -0.15) is 0 Å². The molecule has 0 radical (unpaired) electrons. The molecule has 0 aliphatic carbocycles. The van der Waals surface area contributed by atoms with E-state index in [1.807, 2.05) is 0 Å². The lowest BCUT2D eigenvalue weighted by molar-refractivity contribution is -0.660. The summed E-state index contributed by atoms with van der Waals surface area (Å²) in [7, 11) is 2.16. The number of pyridine rings is 1. The van der Waals surface area contributed by atoms with Gasteiger partial charge in [0.2, 0.25) is 5.69 Å². The first-order valence-electron chi connectivity index (χ1n) is 8.82. The summed E-state index contributed by atoms with van der Waals surface area (Å²) in [5.74, 6) is 0. The van der Waals surface area contributed by atoms with Crippen LogP contribution in [0.2, 0.25) is 0 Å². The molecule has 0 N–H and O–H groups in total. The van der Waals surface area contributed by atoms with Crippen molar-refractivity contribution < 1.29 is 4.57 Å². The van der Waals surface area contributed by atoms with Crippen molar-refractivity contribution in [2.75, 3.05) is 0 Å². The fourth-order valence-electron chi connectivity index (χ4n) is 3.37. The van der Waals surface area contributed by atoms with Gasteiger partial charge in [0.25, 0.3) is 0 Å². The van der Waals surface area contributed by atoms with Gasteiger partial charge in [0.1, 0.15) is 7.05 Å². The Hall–Kier alpha value is -2.41. The number of benzene rings is 2. The number of aryl methyl sites for hydroxylation is 4. The zero-order valence-electron chi connectivity index (χ0n) is 15.1. The van der Waals surface area contributed by atoms with Gasteiger partial charge in [0, 0.05) is 17.2 Å². The molecule has 0 aliphatic rings. The molecule has 24 heavy (non-hydrogen) atoms. The molecule has 1 nitrogen and oxygen atoms in total. The third kappa shape index (κ3) is 3.12. The molecule has 0 fully saturated rings. The van der Waals surface area contributed by atoms with Crippen LogP contribution >= 0.6 is 0 Å².